The zero-order valence-electron chi connectivity index (χ0n) is 13.2. The van der Waals surface area contributed by atoms with Gasteiger partial charge < -0.3 is 10.1 Å². The molecule has 1 amide bonds. The highest BCUT2D eigenvalue weighted by atomic mass is 19.1. The molecule has 0 spiro atoms. The van der Waals surface area contributed by atoms with Gasteiger partial charge in [0.1, 0.15) is 23.4 Å². The molecule has 1 N–H and O–H groups in total. The Labute approximate surface area is 147 Å². The molecule has 2 aromatic carbocycles. The van der Waals surface area contributed by atoms with Crippen LogP contribution in [-0.2, 0) is 0 Å². The van der Waals surface area contributed by atoms with Crippen LogP contribution in [0.25, 0.3) is 0 Å². The van der Waals surface area contributed by atoms with Crippen molar-refractivity contribution in [1.82, 2.24) is 4.98 Å². The Kier molecular flexibility index (Phi) is 4.85. The summed E-state index contributed by atoms with van der Waals surface area (Å²) in [6.07, 6.45) is 2.39. The summed E-state index contributed by atoms with van der Waals surface area (Å²) in [6.45, 7) is 0. The van der Waals surface area contributed by atoms with Crippen LogP contribution < -0.4 is 10.1 Å². The van der Waals surface area contributed by atoms with Crippen LogP contribution in [0.2, 0.25) is 0 Å². The van der Waals surface area contributed by atoms with E-state index in [9.17, 15) is 13.6 Å². The summed E-state index contributed by atoms with van der Waals surface area (Å²) < 4.78 is 32.7. The van der Waals surface area contributed by atoms with Gasteiger partial charge in [0.25, 0.3) is 5.91 Å². The van der Waals surface area contributed by atoms with E-state index in [0.717, 1.165) is 6.20 Å². The van der Waals surface area contributed by atoms with Gasteiger partial charge in [-0.2, -0.15) is 5.26 Å². The molecule has 0 aliphatic heterocycles. The summed E-state index contributed by atoms with van der Waals surface area (Å²) >= 11 is 0. The van der Waals surface area contributed by atoms with Gasteiger partial charge in [-0.25, -0.2) is 8.78 Å². The Morgan fingerprint density at radius 2 is 1.88 bits per heavy atom. The van der Waals surface area contributed by atoms with E-state index >= 15 is 0 Å². The molecule has 0 atom stereocenters. The normalized spacial score (nSPS) is 10.0. The van der Waals surface area contributed by atoms with Crippen LogP contribution in [0.1, 0.15) is 15.9 Å². The third kappa shape index (κ3) is 3.82. The predicted molar refractivity (Wildman–Crippen MR) is 89.8 cm³/mol. The number of halogens is 2. The molecule has 0 bridgehead atoms. The van der Waals surface area contributed by atoms with E-state index in [1.807, 2.05) is 0 Å². The third-order valence-electron chi connectivity index (χ3n) is 3.37. The Morgan fingerprint density at radius 3 is 2.65 bits per heavy atom. The Morgan fingerprint density at radius 1 is 1.08 bits per heavy atom. The lowest BCUT2D eigenvalue weighted by Gasteiger charge is -2.09. The molecule has 0 aliphatic rings. The average Bonchev–Trinajstić information content (AvgIpc) is 2.62. The summed E-state index contributed by atoms with van der Waals surface area (Å²) in [5.74, 6) is -1.60. The molecule has 7 heteroatoms. The van der Waals surface area contributed by atoms with Crippen molar-refractivity contribution in [2.24, 2.45) is 0 Å². The second-order valence-corrected chi connectivity index (χ2v) is 5.20. The van der Waals surface area contributed by atoms with Crippen molar-refractivity contribution in [2.75, 3.05) is 5.32 Å². The van der Waals surface area contributed by atoms with Gasteiger partial charge in [-0.15, -0.1) is 0 Å². The number of nitrogens with one attached hydrogen (secondary N) is 1. The van der Waals surface area contributed by atoms with E-state index < -0.39 is 17.5 Å². The Bertz CT molecular complexity index is 1020. The molecule has 0 fully saturated rings. The minimum Gasteiger partial charge on any atom is -0.456 e. The highest BCUT2D eigenvalue weighted by Crippen LogP contribution is 2.24. The minimum atomic E-state index is -0.884. The number of carbonyl (C=O) groups excluding carboxylic acids is 1. The van der Waals surface area contributed by atoms with Crippen molar-refractivity contribution in [3.8, 4) is 17.6 Å². The number of aromatic nitrogens is 1. The maximum atomic E-state index is 14.1. The maximum absolute atomic E-state index is 14.1. The molecule has 0 radical (unpaired) electrons. The Hall–Kier alpha value is -3.79. The molecule has 5 nitrogen and oxygen atoms in total. The zero-order valence-corrected chi connectivity index (χ0v) is 13.2. The number of hydrogen-bond acceptors (Lipinski definition) is 4. The summed E-state index contributed by atoms with van der Waals surface area (Å²) in [7, 11) is 0. The number of ether oxygens (including phenoxy) is 1. The third-order valence-corrected chi connectivity index (χ3v) is 3.37. The molecular weight excluding hydrogens is 340 g/mol. The van der Waals surface area contributed by atoms with Gasteiger partial charge in [0.15, 0.2) is 5.82 Å². The van der Waals surface area contributed by atoms with Crippen LogP contribution in [0.5, 0.6) is 11.5 Å². The molecule has 3 rings (SSSR count). The van der Waals surface area contributed by atoms with Crippen LogP contribution in [0.4, 0.5) is 14.5 Å². The molecule has 0 saturated carbocycles. The topological polar surface area (TPSA) is 75.0 Å². The SMILES string of the molecule is N#Cc1cccc(C(=O)Nc2cccc(Oc3cncc(F)c3)c2)c1F. The van der Waals surface area contributed by atoms with Gasteiger partial charge in [-0.1, -0.05) is 12.1 Å². The fourth-order valence-electron chi connectivity index (χ4n) is 2.21. The first-order valence-corrected chi connectivity index (χ1v) is 7.45. The maximum Gasteiger partial charge on any atom is 0.258 e. The first-order valence-electron chi connectivity index (χ1n) is 7.45. The zero-order chi connectivity index (χ0) is 18.5. The monoisotopic (exact) mass is 351 g/mol. The molecule has 26 heavy (non-hydrogen) atoms. The number of benzene rings is 2. The van der Waals surface area contributed by atoms with Gasteiger partial charge in [0, 0.05) is 17.8 Å². The number of amides is 1. The Balaban J connectivity index is 1.79. The number of nitriles is 1. The highest BCUT2D eigenvalue weighted by Gasteiger charge is 2.15. The number of hydrogen-bond donors (Lipinski definition) is 1. The smallest absolute Gasteiger partial charge is 0.258 e. The first kappa shape index (κ1) is 17.0. The quantitative estimate of drug-likeness (QED) is 0.761. The summed E-state index contributed by atoms with van der Waals surface area (Å²) in [5.41, 5.74) is -0.114. The van der Waals surface area contributed by atoms with E-state index in [1.165, 1.54) is 36.5 Å². The lowest BCUT2D eigenvalue weighted by atomic mass is 10.1. The minimum absolute atomic E-state index is 0.196. The van der Waals surface area contributed by atoms with E-state index in [0.29, 0.717) is 11.4 Å². The molecule has 1 heterocycles. The van der Waals surface area contributed by atoms with Crippen LogP contribution in [-0.4, -0.2) is 10.9 Å². The van der Waals surface area contributed by atoms with Crippen LogP contribution in [0.3, 0.4) is 0 Å². The van der Waals surface area contributed by atoms with Crippen molar-refractivity contribution < 1.29 is 18.3 Å². The second-order valence-electron chi connectivity index (χ2n) is 5.20. The first-order chi connectivity index (χ1) is 12.6. The van der Waals surface area contributed by atoms with E-state index in [1.54, 1.807) is 24.3 Å². The van der Waals surface area contributed by atoms with Crippen LogP contribution >= 0.6 is 0 Å². The van der Waals surface area contributed by atoms with Crippen molar-refractivity contribution in [3.63, 3.8) is 0 Å². The molecule has 0 saturated heterocycles. The van der Waals surface area contributed by atoms with Gasteiger partial charge in [-0.05, 0) is 24.3 Å². The van der Waals surface area contributed by atoms with Gasteiger partial charge in [-0.3, -0.25) is 9.78 Å². The summed E-state index contributed by atoms with van der Waals surface area (Å²) in [6, 6.07) is 13.1. The molecule has 3 aromatic rings. The average molecular weight is 351 g/mol. The number of pyridine rings is 1. The number of carbonyl (C=O) groups is 1. The van der Waals surface area contributed by atoms with Crippen LogP contribution in [0.15, 0.2) is 60.9 Å². The lowest BCUT2D eigenvalue weighted by Crippen LogP contribution is -2.14. The molecular formula is C19H11F2N3O2. The number of anilines is 1. The highest BCUT2D eigenvalue weighted by molar-refractivity contribution is 6.04. The predicted octanol–water partition coefficient (Wildman–Crippen LogP) is 4.28. The number of nitrogens with zero attached hydrogens (tertiary/aromatic N) is 2. The molecule has 1 aromatic heterocycles. The van der Waals surface area contributed by atoms with E-state index in [2.05, 4.69) is 10.3 Å². The molecule has 0 unspecified atom stereocenters. The lowest BCUT2D eigenvalue weighted by molar-refractivity contribution is 0.102. The molecule has 0 aliphatic carbocycles. The standard InChI is InChI=1S/C19H11F2N3O2/c20-13-7-16(11-23-10-13)26-15-5-2-4-14(8-15)24-19(25)17-6-1-3-12(9-22)18(17)21/h1-8,10-11H,(H,24,25). The van der Waals surface area contributed by atoms with Crippen molar-refractivity contribution in [3.05, 3.63) is 83.7 Å². The van der Waals surface area contributed by atoms with Crippen molar-refractivity contribution >= 4 is 11.6 Å². The second kappa shape index (κ2) is 7.40. The van der Waals surface area contributed by atoms with Gasteiger partial charge in [0.05, 0.1) is 23.5 Å². The summed E-state index contributed by atoms with van der Waals surface area (Å²) in [4.78, 5) is 15.9. The van der Waals surface area contributed by atoms with E-state index in [4.69, 9.17) is 10.00 Å². The van der Waals surface area contributed by atoms with Gasteiger partial charge >= 0.3 is 0 Å². The number of rotatable bonds is 4. The van der Waals surface area contributed by atoms with Crippen LogP contribution in [0, 0.1) is 23.0 Å². The fraction of sp³-hybridized carbons (Fsp3) is 0. The van der Waals surface area contributed by atoms with Crippen molar-refractivity contribution in [2.45, 2.75) is 0 Å². The van der Waals surface area contributed by atoms with Crippen molar-refractivity contribution in [1.29, 1.82) is 5.26 Å². The molecule has 128 valence electrons. The summed E-state index contributed by atoms with van der Waals surface area (Å²) in [5, 5.41) is 11.4. The fourth-order valence-corrected chi connectivity index (χ4v) is 2.21. The van der Waals surface area contributed by atoms with E-state index in [-0.39, 0.29) is 16.9 Å². The largest absolute Gasteiger partial charge is 0.456 e. The van der Waals surface area contributed by atoms with Gasteiger partial charge in [0.2, 0.25) is 0 Å².